The van der Waals surface area contributed by atoms with Gasteiger partial charge >= 0.3 is 5.97 Å². The molecule has 1 rings (SSSR count). The van der Waals surface area contributed by atoms with Gasteiger partial charge in [-0.3, -0.25) is 9.59 Å². The summed E-state index contributed by atoms with van der Waals surface area (Å²) in [5.41, 5.74) is 1.14. The number of carboxylic acid groups (broad SMARTS) is 1. The van der Waals surface area contributed by atoms with Gasteiger partial charge in [0, 0.05) is 5.69 Å². The number of nitrogens with one attached hydrogen (secondary N) is 1. The maximum Gasteiger partial charge on any atom is 0.310 e. The number of rotatable bonds is 5. The smallest absolute Gasteiger partial charge is 0.310 e. The molecule has 90 valence electrons. The number of carbonyl (C=O) groups is 2. The van der Waals surface area contributed by atoms with E-state index in [0.29, 0.717) is 11.3 Å². The molecule has 1 atom stereocenters. The van der Waals surface area contributed by atoms with Crippen molar-refractivity contribution in [1.29, 1.82) is 0 Å². The maximum atomic E-state index is 11.0. The molecule has 0 aliphatic carbocycles. The first kappa shape index (κ1) is 12.8. The first-order chi connectivity index (χ1) is 8.04. The van der Waals surface area contributed by atoms with Gasteiger partial charge in [-0.2, -0.15) is 4.91 Å². The standard InChI is InChI=1S/C11H12N2O4/c1-7(11(15)16)8-2-4-9(5-3-8)13-10(14)6-12-17/h2-5,7H,6H2,1H3,(H,13,14)(H,15,16). The summed E-state index contributed by atoms with van der Waals surface area (Å²) in [6.45, 7) is 1.14. The number of aliphatic carboxylic acids is 1. The fourth-order valence-electron chi connectivity index (χ4n) is 1.26. The number of benzene rings is 1. The Bertz CT molecular complexity index is 428. The highest BCUT2D eigenvalue weighted by atomic mass is 16.4. The van der Waals surface area contributed by atoms with Crippen LogP contribution in [0.2, 0.25) is 0 Å². The third kappa shape index (κ3) is 3.67. The summed E-state index contributed by atoms with van der Waals surface area (Å²) in [6, 6.07) is 6.39. The maximum absolute atomic E-state index is 11.0. The zero-order valence-electron chi connectivity index (χ0n) is 9.21. The van der Waals surface area contributed by atoms with Gasteiger partial charge in [0.15, 0.2) is 6.54 Å². The summed E-state index contributed by atoms with van der Waals surface area (Å²) in [7, 11) is 0. The lowest BCUT2D eigenvalue weighted by atomic mass is 10.0. The SMILES string of the molecule is CC(C(=O)O)c1ccc(NC(=O)CN=O)cc1. The van der Waals surface area contributed by atoms with Crippen molar-refractivity contribution in [2.75, 3.05) is 11.9 Å². The van der Waals surface area contributed by atoms with E-state index in [0.717, 1.165) is 0 Å². The molecule has 1 unspecified atom stereocenters. The third-order valence-corrected chi connectivity index (χ3v) is 2.27. The molecule has 1 amide bonds. The summed E-state index contributed by atoms with van der Waals surface area (Å²) >= 11 is 0. The molecule has 0 aliphatic rings. The lowest BCUT2D eigenvalue weighted by molar-refractivity contribution is -0.138. The number of hydrogen-bond donors (Lipinski definition) is 2. The average molecular weight is 236 g/mol. The molecular weight excluding hydrogens is 224 g/mol. The Hall–Kier alpha value is -2.24. The second-order valence-corrected chi connectivity index (χ2v) is 3.52. The third-order valence-electron chi connectivity index (χ3n) is 2.27. The van der Waals surface area contributed by atoms with Crippen LogP contribution in [0.25, 0.3) is 0 Å². The topological polar surface area (TPSA) is 95.8 Å². The Morgan fingerprint density at radius 3 is 2.41 bits per heavy atom. The van der Waals surface area contributed by atoms with Gasteiger partial charge in [-0.25, -0.2) is 0 Å². The van der Waals surface area contributed by atoms with Crippen molar-refractivity contribution >= 4 is 17.6 Å². The molecule has 1 aromatic carbocycles. The minimum Gasteiger partial charge on any atom is -0.481 e. The molecule has 0 aliphatic heterocycles. The van der Waals surface area contributed by atoms with E-state index in [2.05, 4.69) is 10.5 Å². The van der Waals surface area contributed by atoms with Gasteiger partial charge in [0.2, 0.25) is 5.91 Å². The number of carbonyl (C=O) groups excluding carboxylic acids is 1. The van der Waals surface area contributed by atoms with E-state index in [4.69, 9.17) is 5.11 Å². The molecule has 0 radical (unpaired) electrons. The molecule has 0 saturated carbocycles. The Balaban J connectivity index is 2.71. The molecule has 6 heteroatoms. The molecule has 0 aromatic heterocycles. The molecule has 2 N–H and O–H groups in total. The van der Waals surface area contributed by atoms with Crippen molar-refractivity contribution in [3.63, 3.8) is 0 Å². The number of anilines is 1. The fourth-order valence-corrected chi connectivity index (χ4v) is 1.26. The van der Waals surface area contributed by atoms with Gasteiger partial charge in [0.05, 0.1) is 5.92 Å². The van der Waals surface area contributed by atoms with E-state index in [1.54, 1.807) is 31.2 Å². The Morgan fingerprint density at radius 1 is 1.35 bits per heavy atom. The minimum absolute atomic E-state index is 0.437. The highest BCUT2D eigenvalue weighted by Crippen LogP contribution is 2.18. The second kappa shape index (κ2) is 5.74. The van der Waals surface area contributed by atoms with Crippen molar-refractivity contribution in [2.24, 2.45) is 5.18 Å². The van der Waals surface area contributed by atoms with Gasteiger partial charge in [0.25, 0.3) is 0 Å². The molecular formula is C11H12N2O4. The molecule has 0 spiro atoms. The van der Waals surface area contributed by atoms with E-state index in [-0.39, 0.29) is 0 Å². The normalized spacial score (nSPS) is 11.6. The van der Waals surface area contributed by atoms with E-state index < -0.39 is 24.3 Å². The summed E-state index contributed by atoms with van der Waals surface area (Å²) in [5.74, 6) is -2.01. The zero-order valence-corrected chi connectivity index (χ0v) is 9.21. The molecule has 0 saturated heterocycles. The lowest BCUT2D eigenvalue weighted by Gasteiger charge is -2.08. The van der Waals surface area contributed by atoms with Gasteiger partial charge in [0.1, 0.15) is 0 Å². The van der Waals surface area contributed by atoms with Crippen LogP contribution in [-0.2, 0) is 9.59 Å². The number of hydrogen-bond acceptors (Lipinski definition) is 4. The molecule has 0 heterocycles. The van der Waals surface area contributed by atoms with Crippen molar-refractivity contribution < 1.29 is 14.7 Å². The minimum atomic E-state index is -0.910. The highest BCUT2D eigenvalue weighted by molar-refractivity contribution is 5.92. The largest absolute Gasteiger partial charge is 0.481 e. The van der Waals surface area contributed by atoms with E-state index in [1.165, 1.54) is 0 Å². The van der Waals surface area contributed by atoms with Crippen LogP contribution in [-0.4, -0.2) is 23.5 Å². The summed E-state index contributed by atoms with van der Waals surface area (Å²) < 4.78 is 0. The second-order valence-electron chi connectivity index (χ2n) is 3.52. The van der Waals surface area contributed by atoms with Crippen molar-refractivity contribution in [3.8, 4) is 0 Å². The first-order valence-electron chi connectivity index (χ1n) is 4.96. The Labute approximate surface area is 97.6 Å². The van der Waals surface area contributed by atoms with Crippen LogP contribution < -0.4 is 5.32 Å². The van der Waals surface area contributed by atoms with Crippen molar-refractivity contribution in [2.45, 2.75) is 12.8 Å². The average Bonchev–Trinajstić information content (AvgIpc) is 2.29. The monoisotopic (exact) mass is 236 g/mol. The molecule has 17 heavy (non-hydrogen) atoms. The zero-order chi connectivity index (χ0) is 12.8. The predicted molar refractivity (Wildman–Crippen MR) is 61.8 cm³/mol. The van der Waals surface area contributed by atoms with Gasteiger partial charge in [-0.15, -0.1) is 0 Å². The van der Waals surface area contributed by atoms with Crippen LogP contribution in [0.3, 0.4) is 0 Å². The van der Waals surface area contributed by atoms with Crippen molar-refractivity contribution in [1.82, 2.24) is 0 Å². The van der Waals surface area contributed by atoms with Crippen LogP contribution >= 0.6 is 0 Å². The molecule has 0 fully saturated rings. The summed E-state index contributed by atoms with van der Waals surface area (Å²) in [5, 5.41) is 13.7. The van der Waals surface area contributed by atoms with Crippen LogP contribution in [0.1, 0.15) is 18.4 Å². The number of amides is 1. The van der Waals surface area contributed by atoms with Crippen LogP contribution in [0.15, 0.2) is 29.4 Å². The van der Waals surface area contributed by atoms with Crippen LogP contribution in [0.5, 0.6) is 0 Å². The number of nitroso groups, excluding NO2 is 1. The quantitative estimate of drug-likeness (QED) is 0.758. The lowest BCUT2D eigenvalue weighted by Crippen LogP contribution is -2.14. The number of nitrogens with zero attached hydrogens (tertiary/aromatic N) is 1. The van der Waals surface area contributed by atoms with Gasteiger partial charge in [-0.1, -0.05) is 17.3 Å². The Morgan fingerprint density at radius 2 is 1.94 bits per heavy atom. The van der Waals surface area contributed by atoms with E-state index >= 15 is 0 Å². The predicted octanol–water partition coefficient (Wildman–Crippen LogP) is 1.58. The fraction of sp³-hybridized carbons (Fsp3) is 0.273. The summed E-state index contributed by atoms with van der Waals surface area (Å²) in [6.07, 6.45) is 0. The van der Waals surface area contributed by atoms with Crippen molar-refractivity contribution in [3.05, 3.63) is 34.7 Å². The Kier molecular flexibility index (Phi) is 4.33. The molecule has 0 bridgehead atoms. The van der Waals surface area contributed by atoms with E-state index in [9.17, 15) is 14.5 Å². The van der Waals surface area contributed by atoms with Crippen LogP contribution in [0, 0.1) is 4.91 Å². The molecule has 6 nitrogen and oxygen atoms in total. The highest BCUT2D eigenvalue weighted by Gasteiger charge is 2.13. The van der Waals surface area contributed by atoms with Crippen LogP contribution in [0.4, 0.5) is 5.69 Å². The number of carboxylic acids is 1. The first-order valence-corrected chi connectivity index (χ1v) is 4.96. The molecule has 1 aromatic rings. The summed E-state index contributed by atoms with van der Waals surface area (Å²) in [4.78, 5) is 31.6. The van der Waals surface area contributed by atoms with E-state index in [1.807, 2.05) is 0 Å². The van der Waals surface area contributed by atoms with Gasteiger partial charge < -0.3 is 10.4 Å². The van der Waals surface area contributed by atoms with Gasteiger partial charge in [-0.05, 0) is 24.6 Å².